The average molecular weight is 657 g/mol. The molecular formula is C34H45FN4O6S. The minimum atomic E-state index is -4.04. The number of sulfonamides is 1. The van der Waals surface area contributed by atoms with E-state index in [-0.39, 0.29) is 24.3 Å². The summed E-state index contributed by atoms with van der Waals surface area (Å²) in [6.45, 7) is 2.39. The van der Waals surface area contributed by atoms with Crippen LogP contribution >= 0.6 is 0 Å². The molecule has 250 valence electrons. The third-order valence-electron chi connectivity index (χ3n) is 7.81. The highest BCUT2D eigenvalue weighted by Gasteiger charge is 2.36. The Balaban J connectivity index is 1.79. The zero-order chi connectivity index (χ0) is 33.7. The summed E-state index contributed by atoms with van der Waals surface area (Å²) < 4.78 is 46.1. The lowest BCUT2D eigenvalue weighted by Gasteiger charge is -2.34. The Bertz CT molecular complexity index is 1450. The first-order valence-electron chi connectivity index (χ1n) is 15.2. The number of hydrogen-bond donors (Lipinski definition) is 4. The fraction of sp³-hybridized carbons (Fsp3) is 0.412. The Morgan fingerprint density at radius 2 is 1.52 bits per heavy atom. The Hall–Kier alpha value is -4.00. The molecule has 0 bridgehead atoms. The lowest BCUT2D eigenvalue weighted by Crippen LogP contribution is -2.55. The van der Waals surface area contributed by atoms with Gasteiger partial charge in [-0.25, -0.2) is 13.2 Å². The van der Waals surface area contributed by atoms with Crippen LogP contribution in [0.1, 0.15) is 56.6 Å². The van der Waals surface area contributed by atoms with E-state index in [0.717, 1.165) is 15.4 Å². The van der Waals surface area contributed by atoms with Crippen molar-refractivity contribution >= 4 is 27.7 Å². The molecule has 2 atom stereocenters. The summed E-state index contributed by atoms with van der Waals surface area (Å²) >= 11 is 0. The van der Waals surface area contributed by atoms with E-state index in [1.165, 1.54) is 31.4 Å². The number of anilines is 1. The number of carbonyl (C=O) groups excluding carboxylic acids is 2. The lowest BCUT2D eigenvalue weighted by molar-refractivity contribution is -0.125. The van der Waals surface area contributed by atoms with Gasteiger partial charge in [-0.15, -0.1) is 0 Å². The normalized spacial score (nSPS) is 13.3. The van der Waals surface area contributed by atoms with Gasteiger partial charge in [0, 0.05) is 29.7 Å². The van der Waals surface area contributed by atoms with Crippen molar-refractivity contribution in [2.45, 2.75) is 68.0 Å². The molecule has 0 saturated carbocycles. The second-order valence-electron chi connectivity index (χ2n) is 11.7. The number of methoxy groups -OCH3 is 1. The fourth-order valence-corrected chi connectivity index (χ4v) is 7.14. The molecule has 3 rings (SSSR count). The molecule has 0 fully saturated rings. The number of nitrogens with zero attached hydrogens (tertiary/aromatic N) is 1. The average Bonchev–Trinajstić information content (AvgIpc) is 3.04. The number of aliphatic hydroxyl groups excluding tert-OH is 1. The molecule has 5 N–H and O–H groups in total. The van der Waals surface area contributed by atoms with E-state index in [2.05, 4.69) is 10.6 Å². The maximum atomic E-state index is 13.9. The van der Waals surface area contributed by atoms with E-state index in [1.807, 2.05) is 74.5 Å². The standard InChI is InChI=1S/C34H45FN4O6S/c1-34(2,21-10-16-28(24-40)39(23-11-22-35)46(43,44)29-19-17-27(36)18-20-29)38-32(41)31(37-33(42)45-3)30(25-12-6-4-7-13-25)26-14-8-5-9-15-26/h4-9,12-15,17-20,28,30-31,40H,10-11,16,21-24,36H2,1-3H3,(H,37,42)(H,38,41)/t28-,31-/m0/s1. The van der Waals surface area contributed by atoms with E-state index >= 15 is 0 Å². The van der Waals surface area contributed by atoms with Crippen molar-refractivity contribution in [2.75, 3.05) is 32.7 Å². The Morgan fingerprint density at radius 1 is 0.957 bits per heavy atom. The van der Waals surface area contributed by atoms with Gasteiger partial charge in [0.05, 0.1) is 25.3 Å². The molecule has 0 aliphatic rings. The minimum Gasteiger partial charge on any atom is -0.453 e. The number of carbonyl (C=O) groups is 2. The number of nitrogens with one attached hydrogen (secondary N) is 2. The summed E-state index contributed by atoms with van der Waals surface area (Å²) in [5.41, 5.74) is 6.99. The van der Waals surface area contributed by atoms with E-state index < -0.39 is 58.8 Å². The monoisotopic (exact) mass is 656 g/mol. The second kappa shape index (κ2) is 17.1. The number of rotatable bonds is 17. The summed E-state index contributed by atoms with van der Waals surface area (Å²) in [7, 11) is -2.81. The predicted octanol–water partition coefficient (Wildman–Crippen LogP) is 4.60. The SMILES string of the molecule is COC(=O)N[C@H](C(=O)NC(C)(C)CCC[C@@H](CO)N(CCCF)S(=O)(=O)c1ccc(N)cc1)C(c1ccccc1)c1ccccc1. The maximum Gasteiger partial charge on any atom is 0.407 e. The van der Waals surface area contributed by atoms with Crippen LogP contribution in [0, 0.1) is 0 Å². The molecule has 0 aliphatic heterocycles. The highest BCUT2D eigenvalue weighted by molar-refractivity contribution is 7.89. The molecule has 0 radical (unpaired) electrons. The maximum absolute atomic E-state index is 13.9. The van der Waals surface area contributed by atoms with E-state index in [4.69, 9.17) is 10.5 Å². The van der Waals surface area contributed by atoms with Gasteiger partial charge in [0.25, 0.3) is 0 Å². The number of hydrogen-bond acceptors (Lipinski definition) is 7. The molecule has 0 spiro atoms. The van der Waals surface area contributed by atoms with Crippen molar-refractivity contribution in [1.82, 2.24) is 14.9 Å². The molecule has 0 unspecified atom stereocenters. The first-order valence-corrected chi connectivity index (χ1v) is 16.7. The highest BCUT2D eigenvalue weighted by Crippen LogP contribution is 2.30. The quantitative estimate of drug-likeness (QED) is 0.155. The molecule has 3 aromatic rings. The van der Waals surface area contributed by atoms with Crippen molar-refractivity contribution in [3.8, 4) is 0 Å². The number of ether oxygens (including phenoxy) is 1. The van der Waals surface area contributed by atoms with E-state index in [0.29, 0.717) is 18.5 Å². The van der Waals surface area contributed by atoms with Gasteiger partial charge in [0.1, 0.15) is 6.04 Å². The molecular weight excluding hydrogens is 611 g/mol. The first kappa shape index (κ1) is 36.5. The summed E-state index contributed by atoms with van der Waals surface area (Å²) in [5, 5.41) is 16.0. The van der Waals surface area contributed by atoms with Crippen LogP contribution in [0.3, 0.4) is 0 Å². The van der Waals surface area contributed by atoms with Crippen LogP contribution < -0.4 is 16.4 Å². The van der Waals surface area contributed by atoms with Gasteiger partial charge in [0.2, 0.25) is 15.9 Å². The van der Waals surface area contributed by atoms with Crippen LogP contribution in [0.5, 0.6) is 0 Å². The third-order valence-corrected chi connectivity index (χ3v) is 9.78. The van der Waals surface area contributed by atoms with Gasteiger partial charge >= 0.3 is 6.09 Å². The first-order chi connectivity index (χ1) is 21.9. The smallest absolute Gasteiger partial charge is 0.407 e. The van der Waals surface area contributed by atoms with Crippen LogP contribution in [0.4, 0.5) is 14.9 Å². The zero-order valence-corrected chi connectivity index (χ0v) is 27.4. The summed E-state index contributed by atoms with van der Waals surface area (Å²) in [4.78, 5) is 26.4. The molecule has 3 aromatic carbocycles. The van der Waals surface area contributed by atoms with Crippen molar-refractivity contribution in [1.29, 1.82) is 0 Å². The third kappa shape index (κ3) is 10.0. The van der Waals surface area contributed by atoms with Crippen LogP contribution in [-0.2, 0) is 19.6 Å². The summed E-state index contributed by atoms with van der Waals surface area (Å²) in [5.74, 6) is -0.957. The molecule has 10 nitrogen and oxygen atoms in total. The largest absolute Gasteiger partial charge is 0.453 e. The Morgan fingerprint density at radius 3 is 2.02 bits per heavy atom. The number of nitrogens with two attached hydrogens (primary N) is 1. The van der Waals surface area contributed by atoms with Crippen molar-refractivity contribution in [3.05, 3.63) is 96.1 Å². The second-order valence-corrected chi connectivity index (χ2v) is 13.6. The number of nitrogen functional groups attached to an aromatic ring is 1. The molecule has 46 heavy (non-hydrogen) atoms. The minimum absolute atomic E-state index is 0.00198. The zero-order valence-electron chi connectivity index (χ0n) is 26.6. The van der Waals surface area contributed by atoms with Crippen LogP contribution in [-0.4, -0.2) is 74.4 Å². The van der Waals surface area contributed by atoms with Crippen LogP contribution in [0.25, 0.3) is 0 Å². The molecule has 0 saturated heterocycles. The van der Waals surface area contributed by atoms with Gasteiger partial charge < -0.3 is 26.2 Å². The number of aliphatic hydroxyl groups is 1. The van der Waals surface area contributed by atoms with Crippen LogP contribution in [0.15, 0.2) is 89.8 Å². The number of alkyl halides is 1. The number of amides is 2. The van der Waals surface area contributed by atoms with Crippen molar-refractivity contribution in [3.63, 3.8) is 0 Å². The number of benzene rings is 3. The van der Waals surface area contributed by atoms with Gasteiger partial charge in [0.15, 0.2) is 0 Å². The van der Waals surface area contributed by atoms with Crippen molar-refractivity contribution < 1.29 is 32.2 Å². The van der Waals surface area contributed by atoms with Gasteiger partial charge in [-0.3, -0.25) is 9.18 Å². The van der Waals surface area contributed by atoms with E-state index in [9.17, 15) is 27.5 Å². The Kier molecular flexibility index (Phi) is 13.5. The van der Waals surface area contributed by atoms with Gasteiger partial charge in [-0.2, -0.15) is 4.31 Å². The molecule has 0 heterocycles. The molecule has 2 amide bonds. The predicted molar refractivity (Wildman–Crippen MR) is 176 cm³/mol. The van der Waals surface area contributed by atoms with E-state index in [1.54, 1.807) is 0 Å². The van der Waals surface area contributed by atoms with Crippen LogP contribution in [0.2, 0.25) is 0 Å². The number of alkyl carbamates (subject to hydrolysis) is 1. The summed E-state index contributed by atoms with van der Waals surface area (Å²) in [6.07, 6.45) is 0.330. The topological polar surface area (TPSA) is 151 Å². The molecule has 12 heteroatoms. The van der Waals surface area contributed by atoms with Gasteiger partial charge in [-0.1, -0.05) is 60.7 Å². The van der Waals surface area contributed by atoms with Gasteiger partial charge in [-0.05, 0) is 74.9 Å². The fourth-order valence-electron chi connectivity index (χ4n) is 5.45. The Labute approximate surface area is 271 Å². The molecule has 0 aromatic heterocycles. The van der Waals surface area contributed by atoms with Crippen molar-refractivity contribution in [2.24, 2.45) is 0 Å². The lowest BCUT2D eigenvalue weighted by atomic mass is 9.84. The highest BCUT2D eigenvalue weighted by atomic mass is 32.2. The number of halogens is 1. The summed E-state index contributed by atoms with van der Waals surface area (Å²) in [6, 6.07) is 22.7. The molecule has 0 aliphatic carbocycles.